The Morgan fingerprint density at radius 2 is 1.86 bits per heavy atom. The van der Waals surface area contributed by atoms with Crippen LogP contribution in [-0.4, -0.2) is 17.2 Å². The zero-order valence-corrected chi connectivity index (χ0v) is 14.4. The predicted octanol–water partition coefficient (Wildman–Crippen LogP) is 4.33. The van der Waals surface area contributed by atoms with Crippen LogP contribution in [0, 0.1) is 0 Å². The average molecular weight is 432 g/mol. The molecule has 0 aliphatic carbocycles. The lowest BCUT2D eigenvalue weighted by Gasteiger charge is -2.02. The molecule has 0 bridgehead atoms. The molecule has 0 saturated carbocycles. The molecule has 0 radical (unpaired) electrons. The fourth-order valence-electron chi connectivity index (χ4n) is 1.54. The Balaban J connectivity index is 2.10. The second kappa shape index (κ2) is 7.06. The van der Waals surface area contributed by atoms with Gasteiger partial charge in [0.05, 0.1) is 6.21 Å². The van der Waals surface area contributed by atoms with Gasteiger partial charge < -0.3 is 5.11 Å². The lowest BCUT2D eigenvalue weighted by Crippen LogP contribution is -2.17. The fourth-order valence-corrected chi connectivity index (χ4v) is 3.01. The van der Waals surface area contributed by atoms with Crippen LogP contribution in [0.2, 0.25) is 5.02 Å². The molecule has 0 aliphatic rings. The summed E-state index contributed by atoms with van der Waals surface area (Å²) in [5, 5.41) is 13.9. The number of aromatic hydroxyl groups is 1. The molecule has 21 heavy (non-hydrogen) atoms. The van der Waals surface area contributed by atoms with Gasteiger partial charge in [0.15, 0.2) is 0 Å². The molecule has 2 aromatic carbocycles. The molecule has 2 aromatic rings. The summed E-state index contributed by atoms with van der Waals surface area (Å²) in [5.74, 6) is -0.336. The second-order valence-electron chi connectivity index (χ2n) is 4.06. The molecule has 7 heteroatoms. The molecule has 0 aromatic heterocycles. The maximum Gasteiger partial charge on any atom is 0.271 e. The molecule has 108 valence electrons. The molecule has 0 saturated heterocycles. The Hall–Kier alpha value is -1.37. The number of halogens is 3. The summed E-state index contributed by atoms with van der Waals surface area (Å²) in [7, 11) is 0. The molecule has 0 unspecified atom stereocenters. The number of amides is 1. The number of hydrazone groups is 1. The second-order valence-corrected chi connectivity index (χ2v) is 6.33. The van der Waals surface area contributed by atoms with Crippen molar-refractivity contribution in [2.75, 3.05) is 0 Å². The summed E-state index contributed by atoms with van der Waals surface area (Å²) in [6, 6.07) is 9.73. The summed E-state index contributed by atoms with van der Waals surface area (Å²) < 4.78 is 1.55. The lowest BCUT2D eigenvalue weighted by atomic mass is 10.2. The van der Waals surface area contributed by atoms with Crippen molar-refractivity contribution < 1.29 is 9.90 Å². The first-order valence-corrected chi connectivity index (χ1v) is 7.70. The first-order chi connectivity index (χ1) is 9.95. The maximum absolute atomic E-state index is 11.9. The minimum atomic E-state index is -0.366. The van der Waals surface area contributed by atoms with Crippen LogP contribution < -0.4 is 5.43 Å². The molecule has 0 atom stereocenters. The highest BCUT2D eigenvalue weighted by molar-refractivity contribution is 9.11. The van der Waals surface area contributed by atoms with Crippen LogP contribution in [0.3, 0.4) is 0 Å². The van der Waals surface area contributed by atoms with E-state index in [1.165, 1.54) is 12.3 Å². The maximum atomic E-state index is 11.9. The average Bonchev–Trinajstić information content (AvgIpc) is 2.41. The third kappa shape index (κ3) is 4.56. The number of nitrogens with zero attached hydrogens (tertiary/aromatic N) is 1. The molecule has 2 N–H and O–H groups in total. The number of phenolic OH excluding ortho intramolecular Hbond substituents is 1. The van der Waals surface area contributed by atoms with Gasteiger partial charge in [-0.1, -0.05) is 43.5 Å². The molecule has 2 rings (SSSR count). The summed E-state index contributed by atoms with van der Waals surface area (Å²) in [6.07, 6.45) is 1.33. The van der Waals surface area contributed by atoms with Gasteiger partial charge in [0.25, 0.3) is 5.91 Å². The van der Waals surface area contributed by atoms with Gasteiger partial charge in [-0.3, -0.25) is 4.79 Å². The van der Waals surface area contributed by atoms with E-state index in [9.17, 15) is 9.90 Å². The van der Waals surface area contributed by atoms with Crippen molar-refractivity contribution in [2.45, 2.75) is 0 Å². The quantitative estimate of drug-likeness (QED) is 0.560. The zero-order valence-electron chi connectivity index (χ0n) is 10.5. The monoisotopic (exact) mass is 430 g/mol. The van der Waals surface area contributed by atoms with Crippen molar-refractivity contribution in [2.24, 2.45) is 5.10 Å². The molecule has 0 heterocycles. The number of benzene rings is 2. The third-order valence-corrected chi connectivity index (χ3v) is 3.63. The van der Waals surface area contributed by atoms with Crippen LogP contribution in [0.5, 0.6) is 5.75 Å². The largest absolute Gasteiger partial charge is 0.507 e. The van der Waals surface area contributed by atoms with Crippen molar-refractivity contribution in [3.05, 3.63) is 61.5 Å². The highest BCUT2D eigenvalue weighted by Crippen LogP contribution is 2.21. The van der Waals surface area contributed by atoms with Gasteiger partial charge in [-0.05, 0) is 36.4 Å². The van der Waals surface area contributed by atoms with E-state index in [1.807, 2.05) is 6.07 Å². The van der Waals surface area contributed by atoms with E-state index in [4.69, 9.17) is 11.6 Å². The highest BCUT2D eigenvalue weighted by Gasteiger charge is 2.06. The lowest BCUT2D eigenvalue weighted by molar-refractivity contribution is 0.0955. The van der Waals surface area contributed by atoms with E-state index in [1.54, 1.807) is 24.3 Å². The number of phenols is 1. The van der Waals surface area contributed by atoms with Crippen LogP contribution in [-0.2, 0) is 0 Å². The van der Waals surface area contributed by atoms with E-state index < -0.39 is 0 Å². The van der Waals surface area contributed by atoms with Gasteiger partial charge in [-0.15, -0.1) is 0 Å². The number of hydrogen-bond donors (Lipinski definition) is 2. The van der Waals surface area contributed by atoms with Gasteiger partial charge >= 0.3 is 0 Å². The zero-order chi connectivity index (χ0) is 15.4. The Labute approximate surface area is 143 Å². The number of hydrogen-bond acceptors (Lipinski definition) is 3. The SMILES string of the molecule is O=C(N/N=C/c1cc(Cl)ccc1O)c1cc(Br)cc(Br)c1. The van der Waals surface area contributed by atoms with E-state index >= 15 is 0 Å². The van der Waals surface area contributed by atoms with E-state index in [0.717, 1.165) is 8.95 Å². The fraction of sp³-hybridized carbons (Fsp3) is 0. The summed E-state index contributed by atoms with van der Waals surface area (Å²) in [6.45, 7) is 0. The Bertz CT molecular complexity index is 700. The van der Waals surface area contributed by atoms with Crippen molar-refractivity contribution in [3.8, 4) is 5.75 Å². The number of carbonyl (C=O) groups excluding carboxylic acids is 1. The Morgan fingerprint density at radius 1 is 1.19 bits per heavy atom. The van der Waals surface area contributed by atoms with Gasteiger partial charge in [0.1, 0.15) is 5.75 Å². The third-order valence-electron chi connectivity index (χ3n) is 2.48. The molecule has 0 fully saturated rings. The van der Waals surface area contributed by atoms with Gasteiger partial charge in [0, 0.05) is 25.1 Å². The van der Waals surface area contributed by atoms with Crippen LogP contribution in [0.4, 0.5) is 0 Å². The normalized spacial score (nSPS) is 10.8. The standard InChI is InChI=1S/C14H9Br2ClN2O2/c15-10-3-8(4-11(16)6-10)14(21)19-18-7-9-5-12(17)1-2-13(9)20/h1-7,20H,(H,19,21)/b18-7+. The minimum Gasteiger partial charge on any atom is -0.507 e. The smallest absolute Gasteiger partial charge is 0.271 e. The van der Waals surface area contributed by atoms with Crippen molar-refractivity contribution >= 4 is 55.6 Å². The molecule has 0 aliphatic heterocycles. The molecular formula is C14H9Br2ClN2O2. The first kappa shape index (κ1) is 16.0. The minimum absolute atomic E-state index is 0.0302. The summed E-state index contributed by atoms with van der Waals surface area (Å²) in [4.78, 5) is 11.9. The molecule has 0 spiro atoms. The van der Waals surface area contributed by atoms with Gasteiger partial charge in [0.2, 0.25) is 0 Å². The summed E-state index contributed by atoms with van der Waals surface area (Å²) >= 11 is 12.4. The predicted molar refractivity (Wildman–Crippen MR) is 90.0 cm³/mol. The molecule has 1 amide bonds. The van der Waals surface area contributed by atoms with Gasteiger partial charge in [-0.2, -0.15) is 5.10 Å². The Morgan fingerprint density at radius 3 is 2.52 bits per heavy atom. The highest BCUT2D eigenvalue weighted by atomic mass is 79.9. The van der Waals surface area contributed by atoms with E-state index in [-0.39, 0.29) is 11.7 Å². The molecular weight excluding hydrogens is 423 g/mol. The van der Waals surface area contributed by atoms with Crippen molar-refractivity contribution in [1.29, 1.82) is 0 Å². The molecule has 4 nitrogen and oxygen atoms in total. The van der Waals surface area contributed by atoms with Crippen LogP contribution in [0.25, 0.3) is 0 Å². The van der Waals surface area contributed by atoms with E-state index in [2.05, 4.69) is 42.4 Å². The van der Waals surface area contributed by atoms with Crippen molar-refractivity contribution in [1.82, 2.24) is 5.43 Å². The van der Waals surface area contributed by atoms with Gasteiger partial charge in [-0.25, -0.2) is 5.43 Å². The summed E-state index contributed by atoms with van der Waals surface area (Å²) in [5.41, 5.74) is 3.25. The number of rotatable bonds is 3. The van der Waals surface area contributed by atoms with Crippen LogP contribution in [0.15, 0.2) is 50.4 Å². The topological polar surface area (TPSA) is 61.7 Å². The number of carbonyl (C=O) groups is 1. The van der Waals surface area contributed by atoms with Crippen LogP contribution in [0.1, 0.15) is 15.9 Å². The Kier molecular flexibility index (Phi) is 5.39. The van der Waals surface area contributed by atoms with Crippen molar-refractivity contribution in [3.63, 3.8) is 0 Å². The first-order valence-electron chi connectivity index (χ1n) is 5.74. The number of nitrogens with one attached hydrogen (secondary N) is 1. The van der Waals surface area contributed by atoms with E-state index in [0.29, 0.717) is 16.1 Å². The van der Waals surface area contributed by atoms with Crippen LogP contribution >= 0.6 is 43.5 Å².